The van der Waals surface area contributed by atoms with Gasteiger partial charge in [-0.3, -0.25) is 4.79 Å². The molecule has 4 nitrogen and oxygen atoms in total. The van der Waals surface area contributed by atoms with Gasteiger partial charge in [0.15, 0.2) is 0 Å². The maximum absolute atomic E-state index is 11.8. The topological polar surface area (TPSA) is 41.6 Å². The highest BCUT2D eigenvalue weighted by Gasteiger charge is 2.32. The van der Waals surface area contributed by atoms with Crippen molar-refractivity contribution in [3.05, 3.63) is 0 Å². The molecule has 1 saturated carbocycles. The molecule has 0 aromatic heterocycles. The molecule has 0 aromatic carbocycles. The standard InChI is InChI=1S/C16H32N2O2/c1-5-17-16(2,15(19)20-4)11-6-7-12-18(3)13-14-9-8-10-14/h14,17H,5-13H2,1-4H3. The van der Waals surface area contributed by atoms with Crippen LogP contribution >= 0.6 is 0 Å². The lowest BCUT2D eigenvalue weighted by atomic mass is 9.85. The van der Waals surface area contributed by atoms with Crippen LogP contribution in [-0.4, -0.2) is 50.2 Å². The summed E-state index contributed by atoms with van der Waals surface area (Å²) in [7, 11) is 3.67. The number of carbonyl (C=O) groups excluding carboxylic acids is 1. The first-order valence-corrected chi connectivity index (χ1v) is 8.04. The van der Waals surface area contributed by atoms with Crippen LogP contribution in [0.2, 0.25) is 0 Å². The Hall–Kier alpha value is -0.610. The number of rotatable bonds is 10. The predicted molar refractivity (Wildman–Crippen MR) is 82.8 cm³/mol. The van der Waals surface area contributed by atoms with Gasteiger partial charge in [-0.25, -0.2) is 0 Å². The lowest BCUT2D eigenvalue weighted by Gasteiger charge is -2.30. The fourth-order valence-corrected chi connectivity index (χ4v) is 2.95. The van der Waals surface area contributed by atoms with Crippen molar-refractivity contribution in [2.75, 3.05) is 33.8 Å². The first-order valence-electron chi connectivity index (χ1n) is 8.04. The highest BCUT2D eigenvalue weighted by atomic mass is 16.5. The number of hydrogen-bond acceptors (Lipinski definition) is 4. The van der Waals surface area contributed by atoms with Gasteiger partial charge in [0, 0.05) is 6.54 Å². The van der Waals surface area contributed by atoms with E-state index in [2.05, 4.69) is 17.3 Å². The van der Waals surface area contributed by atoms with Crippen LogP contribution in [0.1, 0.15) is 52.4 Å². The second-order valence-corrected chi connectivity index (χ2v) is 6.37. The van der Waals surface area contributed by atoms with Crippen molar-refractivity contribution in [1.82, 2.24) is 10.2 Å². The van der Waals surface area contributed by atoms with Crippen molar-refractivity contribution in [1.29, 1.82) is 0 Å². The summed E-state index contributed by atoms with van der Waals surface area (Å²) in [6.07, 6.45) is 7.26. The molecule has 0 radical (unpaired) electrons. The van der Waals surface area contributed by atoms with Gasteiger partial charge in [0.05, 0.1) is 7.11 Å². The molecule has 0 heterocycles. The third-order valence-electron chi connectivity index (χ3n) is 4.46. The van der Waals surface area contributed by atoms with Gasteiger partial charge < -0.3 is 15.0 Å². The fraction of sp³-hybridized carbons (Fsp3) is 0.938. The summed E-state index contributed by atoms with van der Waals surface area (Å²) in [5.74, 6) is 0.782. The number of esters is 1. The molecule has 0 saturated heterocycles. The van der Waals surface area contributed by atoms with Crippen molar-refractivity contribution in [3.8, 4) is 0 Å². The van der Waals surface area contributed by atoms with Crippen molar-refractivity contribution in [3.63, 3.8) is 0 Å². The van der Waals surface area contributed by atoms with Crippen LogP contribution in [0.15, 0.2) is 0 Å². The lowest BCUT2D eigenvalue weighted by molar-refractivity contribution is -0.148. The Bertz CT molecular complexity index is 292. The van der Waals surface area contributed by atoms with Gasteiger partial charge in [0.2, 0.25) is 0 Å². The molecular weight excluding hydrogens is 252 g/mol. The Morgan fingerprint density at radius 2 is 2.10 bits per heavy atom. The van der Waals surface area contributed by atoms with E-state index < -0.39 is 5.54 Å². The summed E-state index contributed by atoms with van der Waals surface area (Å²) in [6, 6.07) is 0. The molecule has 0 aromatic rings. The maximum Gasteiger partial charge on any atom is 0.325 e. The van der Waals surface area contributed by atoms with E-state index in [0.29, 0.717) is 0 Å². The van der Waals surface area contributed by atoms with Gasteiger partial charge in [-0.1, -0.05) is 13.3 Å². The van der Waals surface area contributed by atoms with Gasteiger partial charge >= 0.3 is 5.97 Å². The number of likely N-dealkylation sites (N-methyl/N-ethyl adjacent to an activating group) is 1. The monoisotopic (exact) mass is 284 g/mol. The summed E-state index contributed by atoms with van der Waals surface area (Å²) >= 11 is 0. The van der Waals surface area contributed by atoms with Gasteiger partial charge in [0.1, 0.15) is 5.54 Å². The number of hydrogen-bond donors (Lipinski definition) is 1. The van der Waals surface area contributed by atoms with Gasteiger partial charge in [-0.2, -0.15) is 0 Å². The molecule has 4 heteroatoms. The summed E-state index contributed by atoms with van der Waals surface area (Å²) in [6.45, 7) is 7.11. The predicted octanol–water partition coefficient (Wildman–Crippen LogP) is 2.43. The van der Waals surface area contributed by atoms with E-state index in [1.807, 2.05) is 13.8 Å². The first kappa shape index (κ1) is 17.4. The quantitative estimate of drug-likeness (QED) is 0.494. The van der Waals surface area contributed by atoms with Gasteiger partial charge in [-0.15, -0.1) is 0 Å². The minimum atomic E-state index is -0.532. The molecule has 0 spiro atoms. The Balaban J connectivity index is 2.20. The molecule has 1 N–H and O–H groups in total. The molecule has 0 amide bonds. The van der Waals surface area contributed by atoms with Gasteiger partial charge in [0.25, 0.3) is 0 Å². The van der Waals surface area contributed by atoms with E-state index in [0.717, 1.165) is 38.3 Å². The average molecular weight is 284 g/mol. The molecule has 0 bridgehead atoms. The molecule has 1 atom stereocenters. The van der Waals surface area contributed by atoms with E-state index in [1.165, 1.54) is 32.9 Å². The Kier molecular flexibility index (Phi) is 7.52. The largest absolute Gasteiger partial charge is 0.468 e. The van der Waals surface area contributed by atoms with Crippen molar-refractivity contribution < 1.29 is 9.53 Å². The zero-order valence-electron chi connectivity index (χ0n) is 13.7. The zero-order valence-corrected chi connectivity index (χ0v) is 13.7. The Labute approximate surface area is 124 Å². The minimum Gasteiger partial charge on any atom is -0.468 e. The Morgan fingerprint density at radius 3 is 2.60 bits per heavy atom. The Morgan fingerprint density at radius 1 is 1.40 bits per heavy atom. The molecule has 118 valence electrons. The molecule has 1 rings (SSSR count). The highest BCUT2D eigenvalue weighted by Crippen LogP contribution is 2.26. The third-order valence-corrected chi connectivity index (χ3v) is 4.46. The minimum absolute atomic E-state index is 0.151. The average Bonchev–Trinajstić information content (AvgIpc) is 2.38. The summed E-state index contributed by atoms with van der Waals surface area (Å²) in [5.41, 5.74) is -0.532. The molecule has 1 unspecified atom stereocenters. The third kappa shape index (κ3) is 5.41. The smallest absolute Gasteiger partial charge is 0.325 e. The van der Waals surface area contributed by atoms with Crippen LogP contribution in [0, 0.1) is 5.92 Å². The van der Waals surface area contributed by atoms with Crippen LogP contribution in [0.4, 0.5) is 0 Å². The summed E-state index contributed by atoms with van der Waals surface area (Å²) in [5, 5.41) is 3.26. The lowest BCUT2D eigenvalue weighted by Crippen LogP contribution is -2.50. The van der Waals surface area contributed by atoms with E-state index in [1.54, 1.807) is 0 Å². The van der Waals surface area contributed by atoms with Crippen molar-refractivity contribution >= 4 is 5.97 Å². The first-order chi connectivity index (χ1) is 9.51. The SMILES string of the molecule is CCNC(C)(CCCCN(C)CC1CCC1)C(=O)OC. The molecule has 1 aliphatic carbocycles. The normalized spacial score (nSPS) is 18.6. The maximum atomic E-state index is 11.8. The number of nitrogens with one attached hydrogen (secondary N) is 1. The highest BCUT2D eigenvalue weighted by molar-refractivity contribution is 5.80. The second kappa shape index (κ2) is 8.63. The van der Waals surface area contributed by atoms with Crippen LogP contribution in [0.5, 0.6) is 0 Å². The van der Waals surface area contributed by atoms with Gasteiger partial charge in [-0.05, 0) is 65.1 Å². The van der Waals surface area contributed by atoms with Crippen LogP contribution in [0.25, 0.3) is 0 Å². The van der Waals surface area contributed by atoms with E-state index in [4.69, 9.17) is 4.74 Å². The molecule has 0 aliphatic heterocycles. The van der Waals surface area contributed by atoms with Crippen LogP contribution < -0.4 is 5.32 Å². The summed E-state index contributed by atoms with van der Waals surface area (Å²) in [4.78, 5) is 14.3. The number of methoxy groups -OCH3 is 1. The molecule has 1 aliphatic rings. The molecule has 20 heavy (non-hydrogen) atoms. The number of nitrogens with zero attached hydrogens (tertiary/aromatic N) is 1. The van der Waals surface area contributed by atoms with Crippen LogP contribution in [0.3, 0.4) is 0 Å². The fourth-order valence-electron chi connectivity index (χ4n) is 2.95. The zero-order chi connectivity index (χ0) is 15.0. The van der Waals surface area contributed by atoms with E-state index in [-0.39, 0.29) is 5.97 Å². The summed E-state index contributed by atoms with van der Waals surface area (Å²) < 4.78 is 4.91. The van der Waals surface area contributed by atoms with Crippen LogP contribution in [-0.2, 0) is 9.53 Å². The number of ether oxygens (including phenoxy) is 1. The molecular formula is C16H32N2O2. The van der Waals surface area contributed by atoms with Crippen molar-refractivity contribution in [2.45, 2.75) is 57.9 Å². The second-order valence-electron chi connectivity index (χ2n) is 6.37. The van der Waals surface area contributed by atoms with Crippen molar-refractivity contribution in [2.24, 2.45) is 5.92 Å². The van der Waals surface area contributed by atoms with E-state index >= 15 is 0 Å². The van der Waals surface area contributed by atoms with E-state index in [9.17, 15) is 4.79 Å². The molecule has 1 fully saturated rings. The number of carbonyl (C=O) groups is 1. The number of unbranched alkanes of at least 4 members (excludes halogenated alkanes) is 1.